The third-order valence-electron chi connectivity index (χ3n) is 6.42. The lowest BCUT2D eigenvalue weighted by Crippen LogP contribution is -2.44. The molecule has 0 fully saturated rings. The zero-order valence-corrected chi connectivity index (χ0v) is 22.5. The van der Waals surface area contributed by atoms with Crippen molar-refractivity contribution in [3.63, 3.8) is 0 Å². The number of carbonyl (C=O) groups excluding carboxylic acids is 1. The van der Waals surface area contributed by atoms with E-state index in [0.717, 1.165) is 41.0 Å². The number of aliphatic hydroxyl groups excluding tert-OH is 1. The Morgan fingerprint density at radius 1 is 1.17 bits per heavy atom. The highest BCUT2D eigenvalue weighted by Gasteiger charge is 2.39. The number of phenols is 1. The number of rotatable bonds is 8. The van der Waals surface area contributed by atoms with Crippen LogP contribution in [0.5, 0.6) is 11.5 Å². The van der Waals surface area contributed by atoms with Gasteiger partial charge in [-0.15, -0.1) is 0 Å². The van der Waals surface area contributed by atoms with E-state index < -0.39 is 22.2 Å². The van der Waals surface area contributed by atoms with Crippen LogP contribution in [0, 0.1) is 17.1 Å². The average molecular weight is 521 g/mol. The summed E-state index contributed by atoms with van der Waals surface area (Å²) in [6.45, 7) is 10.4. The van der Waals surface area contributed by atoms with Gasteiger partial charge in [-0.2, -0.15) is 13.2 Å². The number of amides is 1. The van der Waals surface area contributed by atoms with Gasteiger partial charge in [0.05, 0.1) is 18.9 Å². The fraction of sp³-hybridized carbons (Fsp3) is 0.500. The number of aromatic hydroxyl groups is 1. The van der Waals surface area contributed by atoms with Gasteiger partial charge in [0.25, 0.3) is 0 Å². The number of benzene rings is 2. The van der Waals surface area contributed by atoms with Crippen molar-refractivity contribution in [2.75, 3.05) is 18.6 Å². The van der Waals surface area contributed by atoms with Crippen molar-refractivity contribution in [2.45, 2.75) is 65.6 Å². The summed E-state index contributed by atoms with van der Waals surface area (Å²) in [5.41, 5.74) is 2.52. The maximum atomic E-state index is 12.8. The van der Waals surface area contributed by atoms with Crippen molar-refractivity contribution in [2.24, 2.45) is 5.41 Å². The van der Waals surface area contributed by atoms with Crippen LogP contribution in [-0.2, 0) is 20.8 Å². The van der Waals surface area contributed by atoms with Gasteiger partial charge in [-0.25, -0.2) is 4.79 Å². The first-order valence-corrected chi connectivity index (χ1v) is 12.7. The summed E-state index contributed by atoms with van der Waals surface area (Å²) in [5.74, 6) is 0.962. The molecule has 1 atom stereocenters. The smallest absolute Gasteiger partial charge is 0.415 e. The molecule has 36 heavy (non-hydrogen) atoms. The summed E-state index contributed by atoms with van der Waals surface area (Å²) >= 11 is 0. The van der Waals surface area contributed by atoms with Crippen LogP contribution in [0.4, 0.5) is 10.5 Å². The van der Waals surface area contributed by atoms with Crippen molar-refractivity contribution in [3.8, 4) is 11.5 Å². The van der Waals surface area contributed by atoms with Gasteiger partial charge in [0.1, 0.15) is 17.1 Å². The minimum absolute atomic E-state index is 0.0905. The number of aryl methyl sites for hydroxylation is 1. The molecule has 9 nitrogen and oxygen atoms in total. The number of methoxy groups -OCH3 is 1. The number of anilines is 1. The zero-order chi connectivity index (χ0) is 27.3. The second-order valence-electron chi connectivity index (χ2n) is 10.2. The molecule has 3 rings (SSSR count). The number of phenolic OH excluding ortho intramolecular Hbond substituents is 1. The van der Waals surface area contributed by atoms with Crippen LogP contribution in [0.15, 0.2) is 36.4 Å². The van der Waals surface area contributed by atoms with Crippen LogP contribution in [0.25, 0.3) is 0 Å². The Balaban J connectivity index is 0.00000106. The minimum atomic E-state index is -2.61. The van der Waals surface area contributed by atoms with Gasteiger partial charge >= 0.3 is 16.6 Å². The minimum Gasteiger partial charge on any atom is -0.508 e. The molecule has 0 spiro atoms. The second kappa shape index (κ2) is 11.7. The largest absolute Gasteiger partial charge is 0.508 e. The van der Waals surface area contributed by atoms with Crippen molar-refractivity contribution < 1.29 is 32.9 Å². The number of nitrogens with zero attached hydrogens (tertiary/aromatic N) is 1. The third-order valence-corrected chi connectivity index (χ3v) is 6.42. The van der Waals surface area contributed by atoms with Crippen LogP contribution in [0.1, 0.15) is 69.8 Å². The van der Waals surface area contributed by atoms with Crippen molar-refractivity contribution >= 4 is 22.3 Å². The maximum Gasteiger partial charge on any atom is 0.415 e. The molecule has 3 N–H and O–H groups in total. The quantitative estimate of drug-likeness (QED) is 0.420. The topological polar surface area (TPSA) is 137 Å². The van der Waals surface area contributed by atoms with E-state index in [2.05, 4.69) is 13.8 Å². The van der Waals surface area contributed by atoms with Crippen LogP contribution >= 0.6 is 0 Å². The van der Waals surface area contributed by atoms with Gasteiger partial charge in [0.2, 0.25) is 0 Å². The monoisotopic (exact) mass is 520 g/mol. The summed E-state index contributed by atoms with van der Waals surface area (Å²) < 4.78 is 33.9. The Kier molecular flexibility index (Phi) is 9.51. The van der Waals surface area contributed by atoms with Gasteiger partial charge in [-0.3, -0.25) is 4.90 Å². The normalized spacial score (nSPS) is 15.2. The zero-order valence-electron chi connectivity index (χ0n) is 21.7. The highest BCUT2D eigenvalue weighted by Crippen LogP contribution is 2.41. The molecule has 0 aromatic heterocycles. The van der Waals surface area contributed by atoms with Crippen LogP contribution in [-0.4, -0.2) is 38.4 Å². The molecule has 0 bridgehead atoms. The first kappa shape index (κ1) is 29.1. The van der Waals surface area contributed by atoms with Gasteiger partial charge in [-0.1, -0.05) is 19.9 Å². The highest BCUT2D eigenvalue weighted by molar-refractivity contribution is 7.60. The molecule has 198 valence electrons. The van der Waals surface area contributed by atoms with Crippen molar-refractivity contribution in [1.29, 1.82) is 4.78 Å². The fourth-order valence-corrected chi connectivity index (χ4v) is 4.12. The first-order chi connectivity index (χ1) is 16.7. The third kappa shape index (κ3) is 7.69. The number of hydrogen-bond donors (Lipinski definition) is 3. The predicted octanol–water partition coefficient (Wildman–Crippen LogP) is 5.46. The number of aliphatic hydroxyl groups is 1. The molecule has 0 saturated carbocycles. The standard InChI is InChI=1S/C26H35NO5.HNO2S/c1-17-15-18(7-10-22(17)28)23(29)11-12-25(2,3)13-14-27-21-9-8-19(31-6)16-20(21)26(4,5)32-24(27)30;1-4(2)3/h7-10,15-16,23,28-29H,11-14H2,1-6H3;1H. The SMILES string of the molecule is COc1ccc2c(c1)C(C)(C)OC(=O)N2CCC(C)(C)CCC(O)c1ccc(O)c(C)c1.N=S(=O)=O. The molecule has 1 unspecified atom stereocenters. The number of cyclic esters (lactones) is 1. The lowest BCUT2D eigenvalue weighted by Gasteiger charge is -2.39. The van der Waals surface area contributed by atoms with E-state index in [1.165, 1.54) is 0 Å². The maximum absolute atomic E-state index is 12.8. The van der Waals surface area contributed by atoms with E-state index in [0.29, 0.717) is 13.0 Å². The summed E-state index contributed by atoms with van der Waals surface area (Å²) in [6, 6.07) is 10.9. The Labute approximate surface area is 214 Å². The van der Waals surface area contributed by atoms with Gasteiger partial charge < -0.3 is 19.7 Å². The molecular weight excluding hydrogens is 484 g/mol. The van der Waals surface area contributed by atoms with E-state index in [4.69, 9.17) is 22.7 Å². The summed E-state index contributed by atoms with van der Waals surface area (Å²) in [5, 5.41) is 20.3. The van der Waals surface area contributed by atoms with E-state index in [1.807, 2.05) is 45.0 Å². The van der Waals surface area contributed by atoms with E-state index >= 15 is 0 Å². The van der Waals surface area contributed by atoms with E-state index in [9.17, 15) is 15.0 Å². The Bertz CT molecular complexity index is 1190. The van der Waals surface area contributed by atoms with Gasteiger partial charge in [-0.05, 0) is 86.9 Å². The molecule has 2 aromatic carbocycles. The van der Waals surface area contributed by atoms with Crippen LogP contribution < -0.4 is 9.64 Å². The lowest BCUT2D eigenvalue weighted by atomic mass is 9.82. The Morgan fingerprint density at radius 2 is 1.81 bits per heavy atom. The molecule has 1 heterocycles. The summed E-state index contributed by atoms with van der Waals surface area (Å²) in [7, 11) is -0.988. The second-order valence-corrected chi connectivity index (χ2v) is 10.6. The van der Waals surface area contributed by atoms with Gasteiger partial charge in [0.15, 0.2) is 0 Å². The van der Waals surface area contributed by atoms with Crippen molar-refractivity contribution in [1.82, 2.24) is 0 Å². The number of carbonyl (C=O) groups is 1. The van der Waals surface area contributed by atoms with Crippen molar-refractivity contribution in [3.05, 3.63) is 53.1 Å². The molecule has 1 aliphatic rings. The number of ether oxygens (including phenoxy) is 2. The molecule has 10 heteroatoms. The molecule has 2 aromatic rings. The highest BCUT2D eigenvalue weighted by atomic mass is 32.2. The summed E-state index contributed by atoms with van der Waals surface area (Å²) in [4.78, 5) is 14.5. The van der Waals surface area contributed by atoms with E-state index in [1.54, 1.807) is 24.1 Å². The molecule has 0 radical (unpaired) electrons. The predicted molar refractivity (Wildman–Crippen MR) is 137 cm³/mol. The van der Waals surface area contributed by atoms with E-state index in [-0.39, 0.29) is 17.3 Å². The number of fused-ring (bicyclic) bond motifs is 1. The number of hydrogen-bond acceptors (Lipinski definition) is 8. The van der Waals surface area contributed by atoms with Gasteiger partial charge in [0, 0.05) is 12.1 Å². The first-order valence-electron chi connectivity index (χ1n) is 11.6. The average Bonchev–Trinajstić information content (AvgIpc) is 2.78. The molecule has 1 amide bonds. The Morgan fingerprint density at radius 3 is 2.39 bits per heavy atom. The molecular formula is C26H36N2O7S. The summed E-state index contributed by atoms with van der Waals surface area (Å²) in [6.07, 6.45) is 1.21. The Hall–Kier alpha value is -3.11. The van der Waals surface area contributed by atoms with Crippen LogP contribution in [0.2, 0.25) is 0 Å². The molecule has 0 saturated heterocycles. The van der Waals surface area contributed by atoms with Crippen LogP contribution in [0.3, 0.4) is 0 Å². The fourth-order valence-electron chi connectivity index (χ4n) is 4.12. The number of nitrogens with one attached hydrogen (secondary N) is 1. The molecule has 1 aliphatic heterocycles. The molecule has 0 aliphatic carbocycles. The lowest BCUT2D eigenvalue weighted by molar-refractivity contribution is 0.0343.